The molecule has 0 radical (unpaired) electrons. The number of carbonyl (C=O) groups is 1. The third-order valence-electron chi connectivity index (χ3n) is 2.38. The van der Waals surface area contributed by atoms with Crippen LogP contribution >= 0.6 is 0 Å². The highest BCUT2D eigenvalue weighted by Gasteiger charge is 2.08. The van der Waals surface area contributed by atoms with E-state index in [2.05, 4.69) is 16.7 Å². The maximum Gasteiger partial charge on any atom is 0.238 e. The number of hydrogen-bond acceptors (Lipinski definition) is 2. The van der Waals surface area contributed by atoms with Gasteiger partial charge in [-0.2, -0.15) is 0 Å². The van der Waals surface area contributed by atoms with Crippen molar-refractivity contribution >= 4 is 11.6 Å². The summed E-state index contributed by atoms with van der Waals surface area (Å²) < 4.78 is 0. The van der Waals surface area contributed by atoms with Crippen LogP contribution in [0.1, 0.15) is 12.0 Å². The van der Waals surface area contributed by atoms with E-state index in [4.69, 9.17) is 0 Å². The Labute approximate surface area is 83.5 Å². The SMILES string of the molecule is O=C1CNCCCc2ccccc2N1. The molecule has 3 nitrogen and oxygen atoms in total. The summed E-state index contributed by atoms with van der Waals surface area (Å²) in [4.78, 5) is 11.4. The van der Waals surface area contributed by atoms with Gasteiger partial charge in [-0.05, 0) is 31.0 Å². The molecule has 0 aromatic heterocycles. The number of fused-ring (bicyclic) bond motifs is 1. The van der Waals surface area contributed by atoms with Crippen molar-refractivity contribution in [1.82, 2.24) is 5.32 Å². The van der Waals surface area contributed by atoms with E-state index < -0.39 is 0 Å². The molecule has 14 heavy (non-hydrogen) atoms. The average Bonchev–Trinajstić information content (AvgIpc) is 2.27. The Kier molecular flexibility index (Phi) is 2.79. The second kappa shape index (κ2) is 4.24. The Morgan fingerprint density at radius 2 is 2.07 bits per heavy atom. The zero-order valence-corrected chi connectivity index (χ0v) is 8.05. The Bertz CT molecular complexity index is 336. The molecule has 3 heteroatoms. The first-order chi connectivity index (χ1) is 6.86. The van der Waals surface area contributed by atoms with E-state index in [1.54, 1.807) is 0 Å². The van der Waals surface area contributed by atoms with Crippen molar-refractivity contribution in [3.63, 3.8) is 0 Å². The second-order valence-electron chi connectivity index (χ2n) is 3.49. The summed E-state index contributed by atoms with van der Waals surface area (Å²) in [5.41, 5.74) is 2.19. The van der Waals surface area contributed by atoms with Crippen molar-refractivity contribution in [2.75, 3.05) is 18.4 Å². The van der Waals surface area contributed by atoms with Gasteiger partial charge >= 0.3 is 0 Å². The molecule has 1 aromatic carbocycles. The maximum atomic E-state index is 11.4. The molecule has 0 fully saturated rings. The molecule has 0 aliphatic carbocycles. The van der Waals surface area contributed by atoms with Gasteiger partial charge in [-0.25, -0.2) is 0 Å². The van der Waals surface area contributed by atoms with Crippen LogP contribution in [0.25, 0.3) is 0 Å². The molecule has 74 valence electrons. The quantitative estimate of drug-likeness (QED) is 0.644. The van der Waals surface area contributed by atoms with Crippen molar-refractivity contribution in [3.8, 4) is 0 Å². The van der Waals surface area contributed by atoms with E-state index in [1.807, 2.05) is 18.2 Å². The number of para-hydroxylation sites is 1. The van der Waals surface area contributed by atoms with Gasteiger partial charge in [0.1, 0.15) is 0 Å². The molecule has 1 aliphatic heterocycles. The Balaban J connectivity index is 2.25. The molecular weight excluding hydrogens is 176 g/mol. The molecule has 0 unspecified atom stereocenters. The summed E-state index contributed by atoms with van der Waals surface area (Å²) in [6.45, 7) is 1.32. The molecular formula is C11H14N2O. The minimum atomic E-state index is 0.0411. The smallest absolute Gasteiger partial charge is 0.238 e. The first-order valence-corrected chi connectivity index (χ1v) is 4.95. The van der Waals surface area contributed by atoms with Crippen LogP contribution in [0.2, 0.25) is 0 Å². The topological polar surface area (TPSA) is 41.1 Å². The number of carbonyl (C=O) groups excluding carboxylic acids is 1. The van der Waals surface area contributed by atoms with Gasteiger partial charge in [0.05, 0.1) is 6.54 Å². The van der Waals surface area contributed by atoms with Gasteiger partial charge in [0, 0.05) is 5.69 Å². The van der Waals surface area contributed by atoms with Crippen LogP contribution in [-0.4, -0.2) is 19.0 Å². The molecule has 1 amide bonds. The maximum absolute atomic E-state index is 11.4. The van der Waals surface area contributed by atoms with Crippen molar-refractivity contribution in [3.05, 3.63) is 29.8 Å². The average molecular weight is 190 g/mol. The summed E-state index contributed by atoms with van der Waals surface area (Å²) in [6.07, 6.45) is 2.09. The van der Waals surface area contributed by atoms with Crippen LogP contribution in [0.5, 0.6) is 0 Å². The minimum Gasteiger partial charge on any atom is -0.325 e. The van der Waals surface area contributed by atoms with Gasteiger partial charge in [0.2, 0.25) is 5.91 Å². The lowest BCUT2D eigenvalue weighted by Crippen LogP contribution is -2.27. The standard InChI is InChI=1S/C11H14N2O/c14-11-8-12-7-3-5-9-4-1-2-6-10(9)13-11/h1-2,4,6,12H,3,5,7-8H2,(H,13,14). The third kappa shape index (κ3) is 2.12. The van der Waals surface area contributed by atoms with E-state index in [0.717, 1.165) is 25.1 Å². The molecule has 0 saturated heterocycles. The summed E-state index contributed by atoms with van der Waals surface area (Å²) in [6, 6.07) is 7.99. The number of hydrogen-bond donors (Lipinski definition) is 2. The van der Waals surface area contributed by atoms with E-state index in [1.165, 1.54) is 5.56 Å². The molecule has 0 spiro atoms. The predicted octanol–water partition coefficient (Wildman–Crippen LogP) is 1.16. The van der Waals surface area contributed by atoms with Crippen LogP contribution in [-0.2, 0) is 11.2 Å². The fraction of sp³-hybridized carbons (Fsp3) is 0.364. The second-order valence-corrected chi connectivity index (χ2v) is 3.49. The predicted molar refractivity (Wildman–Crippen MR) is 56.3 cm³/mol. The highest BCUT2D eigenvalue weighted by molar-refractivity contribution is 5.93. The van der Waals surface area contributed by atoms with Crippen LogP contribution in [0, 0.1) is 0 Å². The normalized spacial score (nSPS) is 17.3. The summed E-state index contributed by atoms with van der Waals surface area (Å²) in [5, 5.41) is 6.00. The zero-order valence-electron chi connectivity index (χ0n) is 8.05. The third-order valence-corrected chi connectivity index (χ3v) is 2.38. The van der Waals surface area contributed by atoms with Gasteiger partial charge in [-0.15, -0.1) is 0 Å². The molecule has 0 saturated carbocycles. The van der Waals surface area contributed by atoms with Crippen LogP contribution in [0.15, 0.2) is 24.3 Å². The molecule has 2 N–H and O–H groups in total. The lowest BCUT2D eigenvalue weighted by atomic mass is 10.1. The number of amides is 1. The first-order valence-electron chi connectivity index (χ1n) is 4.95. The number of nitrogens with one attached hydrogen (secondary N) is 2. The first kappa shape index (κ1) is 9.21. The molecule has 2 rings (SSSR count). The van der Waals surface area contributed by atoms with Crippen molar-refractivity contribution < 1.29 is 4.79 Å². The fourth-order valence-corrected chi connectivity index (χ4v) is 1.66. The lowest BCUT2D eigenvalue weighted by Gasteiger charge is -2.07. The van der Waals surface area contributed by atoms with Gasteiger partial charge in [-0.1, -0.05) is 18.2 Å². The van der Waals surface area contributed by atoms with Crippen LogP contribution < -0.4 is 10.6 Å². The largest absolute Gasteiger partial charge is 0.325 e. The van der Waals surface area contributed by atoms with E-state index in [0.29, 0.717) is 6.54 Å². The summed E-state index contributed by atoms with van der Waals surface area (Å²) in [7, 11) is 0. The highest BCUT2D eigenvalue weighted by atomic mass is 16.1. The van der Waals surface area contributed by atoms with Gasteiger partial charge in [0.15, 0.2) is 0 Å². The molecule has 0 bridgehead atoms. The van der Waals surface area contributed by atoms with Crippen molar-refractivity contribution in [2.45, 2.75) is 12.8 Å². The number of benzene rings is 1. The van der Waals surface area contributed by atoms with E-state index in [-0.39, 0.29) is 5.91 Å². The van der Waals surface area contributed by atoms with Crippen molar-refractivity contribution in [2.24, 2.45) is 0 Å². The fourth-order valence-electron chi connectivity index (χ4n) is 1.66. The molecule has 0 atom stereocenters. The minimum absolute atomic E-state index is 0.0411. The molecule has 1 aromatic rings. The summed E-state index contributed by atoms with van der Waals surface area (Å²) >= 11 is 0. The van der Waals surface area contributed by atoms with Crippen LogP contribution in [0.3, 0.4) is 0 Å². The zero-order chi connectivity index (χ0) is 9.80. The Morgan fingerprint density at radius 3 is 3.00 bits per heavy atom. The Hall–Kier alpha value is -1.35. The van der Waals surface area contributed by atoms with Crippen LogP contribution in [0.4, 0.5) is 5.69 Å². The number of aryl methyl sites for hydroxylation is 1. The monoisotopic (exact) mass is 190 g/mol. The number of rotatable bonds is 0. The Morgan fingerprint density at radius 1 is 1.21 bits per heavy atom. The lowest BCUT2D eigenvalue weighted by molar-refractivity contribution is -0.115. The van der Waals surface area contributed by atoms with E-state index >= 15 is 0 Å². The molecule has 1 aliphatic rings. The van der Waals surface area contributed by atoms with E-state index in [9.17, 15) is 4.79 Å². The molecule has 1 heterocycles. The highest BCUT2D eigenvalue weighted by Crippen LogP contribution is 2.17. The van der Waals surface area contributed by atoms with Gasteiger partial charge in [-0.3, -0.25) is 4.79 Å². The van der Waals surface area contributed by atoms with Gasteiger partial charge < -0.3 is 10.6 Å². The van der Waals surface area contributed by atoms with Gasteiger partial charge in [0.25, 0.3) is 0 Å². The number of anilines is 1. The summed E-state index contributed by atoms with van der Waals surface area (Å²) in [5.74, 6) is 0.0411. The van der Waals surface area contributed by atoms with Crippen molar-refractivity contribution in [1.29, 1.82) is 0 Å².